The molecule has 0 aliphatic rings. The van der Waals surface area contributed by atoms with Gasteiger partial charge in [0.1, 0.15) is 5.01 Å². The molecule has 0 unspecified atom stereocenters. The van der Waals surface area contributed by atoms with Crippen LogP contribution in [0.2, 0.25) is 0 Å². The minimum absolute atomic E-state index is 0.0592. The van der Waals surface area contributed by atoms with E-state index in [-0.39, 0.29) is 17.0 Å². The first kappa shape index (κ1) is 16.6. The number of hydrogen-bond acceptors (Lipinski definition) is 5. The van der Waals surface area contributed by atoms with E-state index in [2.05, 4.69) is 9.71 Å². The Morgan fingerprint density at radius 1 is 1.41 bits per heavy atom. The molecule has 0 fully saturated rings. The summed E-state index contributed by atoms with van der Waals surface area (Å²) in [6.07, 6.45) is 2.60. The van der Waals surface area contributed by atoms with Gasteiger partial charge in [0, 0.05) is 11.1 Å². The summed E-state index contributed by atoms with van der Waals surface area (Å²) < 4.78 is 27.1. The molecule has 0 aliphatic carbocycles. The van der Waals surface area contributed by atoms with Crippen LogP contribution in [0.3, 0.4) is 0 Å². The van der Waals surface area contributed by atoms with Crippen molar-refractivity contribution in [2.75, 3.05) is 0 Å². The van der Waals surface area contributed by atoms with Crippen LogP contribution in [-0.2, 0) is 23.0 Å². The van der Waals surface area contributed by atoms with Crippen LogP contribution in [0.1, 0.15) is 32.7 Å². The van der Waals surface area contributed by atoms with Crippen molar-refractivity contribution in [3.8, 4) is 0 Å². The minimum Gasteiger partial charge on any atom is -0.478 e. The van der Waals surface area contributed by atoms with Crippen molar-refractivity contribution in [3.05, 3.63) is 45.4 Å². The molecule has 8 heteroatoms. The molecule has 22 heavy (non-hydrogen) atoms. The second-order valence-corrected chi connectivity index (χ2v) is 7.62. The molecular weight excluding hydrogens is 324 g/mol. The average Bonchev–Trinajstić information content (AvgIpc) is 2.93. The third-order valence-corrected chi connectivity index (χ3v) is 5.78. The van der Waals surface area contributed by atoms with E-state index in [9.17, 15) is 13.2 Å². The van der Waals surface area contributed by atoms with E-state index in [4.69, 9.17) is 5.11 Å². The van der Waals surface area contributed by atoms with Crippen molar-refractivity contribution in [1.82, 2.24) is 9.71 Å². The lowest BCUT2D eigenvalue weighted by atomic mass is 10.1. The first-order valence-corrected chi connectivity index (χ1v) is 8.90. The third-order valence-electron chi connectivity index (χ3n) is 3.07. The molecule has 0 saturated carbocycles. The lowest BCUT2D eigenvalue weighted by Gasteiger charge is -2.09. The maximum absolute atomic E-state index is 12.3. The molecule has 0 saturated heterocycles. The second-order valence-electron chi connectivity index (χ2n) is 4.68. The van der Waals surface area contributed by atoms with Crippen LogP contribution in [0.5, 0.6) is 0 Å². The number of nitrogens with one attached hydrogen (secondary N) is 1. The van der Waals surface area contributed by atoms with Gasteiger partial charge in [-0.3, -0.25) is 0 Å². The summed E-state index contributed by atoms with van der Waals surface area (Å²) in [4.78, 5) is 16.2. The number of carboxylic acid groups (broad SMARTS) is 1. The van der Waals surface area contributed by atoms with Gasteiger partial charge in [-0.25, -0.2) is 22.9 Å². The van der Waals surface area contributed by atoms with Crippen molar-refractivity contribution in [2.24, 2.45) is 0 Å². The van der Waals surface area contributed by atoms with Gasteiger partial charge in [0.15, 0.2) is 0 Å². The zero-order valence-corrected chi connectivity index (χ0v) is 13.8. The molecule has 0 spiro atoms. The number of aromatic carboxylic acids is 1. The van der Waals surface area contributed by atoms with E-state index in [1.807, 2.05) is 6.92 Å². The molecule has 0 radical (unpaired) electrons. The van der Waals surface area contributed by atoms with E-state index in [1.165, 1.54) is 29.5 Å². The van der Waals surface area contributed by atoms with E-state index in [0.717, 1.165) is 11.3 Å². The van der Waals surface area contributed by atoms with Crippen LogP contribution in [0.4, 0.5) is 0 Å². The molecule has 1 heterocycles. The molecular formula is C14H16N2O4S2. The van der Waals surface area contributed by atoms with Gasteiger partial charge in [-0.1, -0.05) is 6.92 Å². The summed E-state index contributed by atoms with van der Waals surface area (Å²) in [7, 11) is -3.71. The lowest BCUT2D eigenvalue weighted by Crippen LogP contribution is -2.24. The number of nitrogens with zero attached hydrogens (tertiary/aromatic N) is 1. The molecule has 0 amide bonds. The number of thiazole rings is 1. The normalized spacial score (nSPS) is 11.5. The Labute approximate surface area is 132 Å². The lowest BCUT2D eigenvalue weighted by molar-refractivity contribution is 0.0696. The summed E-state index contributed by atoms with van der Waals surface area (Å²) >= 11 is 1.46. The molecule has 6 nitrogen and oxygen atoms in total. The highest BCUT2D eigenvalue weighted by atomic mass is 32.2. The van der Waals surface area contributed by atoms with Gasteiger partial charge in [0.05, 0.1) is 17.0 Å². The van der Waals surface area contributed by atoms with Crippen molar-refractivity contribution in [1.29, 1.82) is 0 Å². The Bertz CT molecular complexity index is 797. The van der Waals surface area contributed by atoms with Crippen LogP contribution < -0.4 is 4.72 Å². The number of benzene rings is 1. The van der Waals surface area contributed by atoms with Gasteiger partial charge in [-0.05, 0) is 37.1 Å². The Hall–Kier alpha value is -1.77. The predicted molar refractivity (Wildman–Crippen MR) is 83.7 cm³/mol. The van der Waals surface area contributed by atoms with Gasteiger partial charge >= 0.3 is 5.97 Å². The fourth-order valence-corrected chi connectivity index (χ4v) is 4.02. The summed E-state index contributed by atoms with van der Waals surface area (Å²) in [5.74, 6) is -1.09. The average molecular weight is 340 g/mol. The molecule has 0 bridgehead atoms. The van der Waals surface area contributed by atoms with Crippen molar-refractivity contribution >= 4 is 27.3 Å². The second kappa shape index (κ2) is 6.55. The van der Waals surface area contributed by atoms with Crippen molar-refractivity contribution in [2.45, 2.75) is 31.7 Å². The van der Waals surface area contributed by atoms with E-state index >= 15 is 0 Å². The highest BCUT2D eigenvalue weighted by Crippen LogP contribution is 2.18. The van der Waals surface area contributed by atoms with Gasteiger partial charge in [0.2, 0.25) is 10.0 Å². The molecule has 0 atom stereocenters. The Balaban J connectivity index is 2.18. The number of aromatic nitrogens is 1. The largest absolute Gasteiger partial charge is 0.478 e. The first-order chi connectivity index (χ1) is 10.3. The number of hydrogen-bond donors (Lipinski definition) is 2. The quantitative estimate of drug-likeness (QED) is 0.840. The smallest absolute Gasteiger partial charge is 0.335 e. The van der Waals surface area contributed by atoms with Gasteiger partial charge in [-0.15, -0.1) is 11.3 Å². The van der Waals surface area contributed by atoms with Crippen LogP contribution in [0, 0.1) is 6.92 Å². The summed E-state index contributed by atoms with van der Waals surface area (Å²) in [5.41, 5.74) is 0.449. The van der Waals surface area contributed by atoms with Crippen molar-refractivity contribution in [3.63, 3.8) is 0 Å². The van der Waals surface area contributed by atoms with Crippen molar-refractivity contribution < 1.29 is 18.3 Å². The van der Waals surface area contributed by atoms with Crippen LogP contribution in [-0.4, -0.2) is 24.5 Å². The molecule has 1 aromatic carbocycles. The number of carboxylic acids is 1. The summed E-state index contributed by atoms with van der Waals surface area (Å²) in [5, 5.41) is 9.60. The van der Waals surface area contributed by atoms with Gasteiger partial charge in [-0.2, -0.15) is 0 Å². The first-order valence-electron chi connectivity index (χ1n) is 6.60. The fourth-order valence-electron chi connectivity index (χ4n) is 1.91. The van der Waals surface area contributed by atoms with E-state index in [0.29, 0.717) is 10.6 Å². The molecule has 2 N–H and O–H groups in total. The predicted octanol–water partition coefficient (Wildman–Crippen LogP) is 2.19. The monoisotopic (exact) mass is 340 g/mol. The number of aryl methyl sites for hydroxylation is 2. The molecule has 1 aromatic heterocycles. The maximum Gasteiger partial charge on any atom is 0.335 e. The molecule has 0 aliphatic heterocycles. The summed E-state index contributed by atoms with van der Waals surface area (Å²) in [6, 6.07) is 3.93. The number of carbonyl (C=O) groups is 1. The van der Waals surface area contributed by atoms with Crippen LogP contribution in [0.25, 0.3) is 0 Å². The molecule has 2 aromatic rings. The Kier molecular flexibility index (Phi) is 4.94. The highest BCUT2D eigenvalue weighted by Gasteiger charge is 2.18. The topological polar surface area (TPSA) is 96.4 Å². The van der Waals surface area contributed by atoms with E-state index in [1.54, 1.807) is 13.1 Å². The van der Waals surface area contributed by atoms with Gasteiger partial charge in [0.25, 0.3) is 0 Å². The minimum atomic E-state index is -3.71. The SMILES string of the molecule is CCc1cnc(CNS(=O)(=O)c2ccc(C(=O)O)cc2C)s1. The number of sulfonamides is 1. The highest BCUT2D eigenvalue weighted by molar-refractivity contribution is 7.89. The Morgan fingerprint density at radius 2 is 2.14 bits per heavy atom. The zero-order chi connectivity index (χ0) is 16.3. The van der Waals surface area contributed by atoms with Gasteiger partial charge < -0.3 is 5.11 Å². The standard InChI is InChI=1S/C14H16N2O4S2/c1-3-11-7-15-13(21-11)8-16-22(19,20)12-5-4-10(14(17)18)6-9(12)2/h4-7,16H,3,8H2,1-2H3,(H,17,18). The number of rotatable bonds is 6. The zero-order valence-electron chi connectivity index (χ0n) is 12.2. The fraction of sp³-hybridized carbons (Fsp3) is 0.286. The maximum atomic E-state index is 12.3. The van der Waals surface area contributed by atoms with Crippen LogP contribution in [0.15, 0.2) is 29.3 Å². The van der Waals surface area contributed by atoms with Crippen LogP contribution >= 0.6 is 11.3 Å². The Morgan fingerprint density at radius 3 is 2.68 bits per heavy atom. The third kappa shape index (κ3) is 3.70. The molecule has 2 rings (SSSR count). The van der Waals surface area contributed by atoms with E-state index < -0.39 is 16.0 Å². The molecule has 118 valence electrons. The summed E-state index contributed by atoms with van der Waals surface area (Å²) in [6.45, 7) is 3.70.